The van der Waals surface area contributed by atoms with Gasteiger partial charge in [0.25, 0.3) is 0 Å². The zero-order valence-corrected chi connectivity index (χ0v) is 19.3. The maximum Gasteiger partial charge on any atom is 0.224 e. The Morgan fingerprint density at radius 3 is 2.68 bits per heavy atom. The topological polar surface area (TPSA) is 71.7 Å². The summed E-state index contributed by atoms with van der Waals surface area (Å²) in [4.78, 5) is 15.6. The summed E-state index contributed by atoms with van der Waals surface area (Å²) in [5, 5.41) is 13.8. The molecular formula is C22H24N6OS2. The van der Waals surface area contributed by atoms with Crippen LogP contribution in [0.15, 0.2) is 47.8 Å². The number of thiophene rings is 1. The Kier molecular flexibility index (Phi) is 6.15. The number of hydrogen-bond acceptors (Lipinski definition) is 5. The molecule has 0 saturated carbocycles. The minimum atomic E-state index is 0.0477. The molecule has 0 saturated heterocycles. The van der Waals surface area contributed by atoms with Gasteiger partial charge in [-0.2, -0.15) is 10.2 Å². The van der Waals surface area contributed by atoms with Crippen LogP contribution in [-0.4, -0.2) is 42.4 Å². The predicted octanol–water partition coefficient (Wildman–Crippen LogP) is 4.52. The van der Waals surface area contributed by atoms with Gasteiger partial charge in [0.05, 0.1) is 16.3 Å². The number of hydrogen-bond donors (Lipinski definition) is 1. The molecule has 0 aliphatic heterocycles. The Hall–Kier alpha value is -3.04. The average Bonchev–Trinajstić information content (AvgIpc) is 3.49. The van der Waals surface area contributed by atoms with E-state index in [0.717, 1.165) is 33.3 Å². The van der Waals surface area contributed by atoms with Crippen LogP contribution in [0.25, 0.3) is 16.4 Å². The molecule has 1 N–H and O–H groups in total. The van der Waals surface area contributed by atoms with Crippen molar-refractivity contribution in [3.8, 4) is 16.4 Å². The normalized spacial score (nSPS) is 11.1. The van der Waals surface area contributed by atoms with Gasteiger partial charge in [-0.25, -0.2) is 4.68 Å². The molecule has 0 aliphatic carbocycles. The first-order chi connectivity index (χ1) is 15.0. The molecule has 4 aromatic rings. The van der Waals surface area contributed by atoms with Crippen molar-refractivity contribution < 1.29 is 4.79 Å². The highest BCUT2D eigenvalue weighted by Crippen LogP contribution is 2.23. The highest BCUT2D eigenvalue weighted by Gasteiger charge is 2.18. The molecule has 0 atom stereocenters. The van der Waals surface area contributed by atoms with Gasteiger partial charge < -0.3 is 4.90 Å². The number of aryl methyl sites for hydroxylation is 1. The molecule has 31 heavy (non-hydrogen) atoms. The second kappa shape index (κ2) is 8.99. The summed E-state index contributed by atoms with van der Waals surface area (Å²) in [6, 6.07) is 14.0. The number of H-pyrrole nitrogens is 1. The Morgan fingerprint density at radius 2 is 1.97 bits per heavy atom. The van der Waals surface area contributed by atoms with Crippen molar-refractivity contribution in [1.82, 2.24) is 29.4 Å². The van der Waals surface area contributed by atoms with E-state index in [1.54, 1.807) is 16.2 Å². The Bertz CT molecular complexity index is 1240. The maximum absolute atomic E-state index is 12.9. The van der Waals surface area contributed by atoms with Gasteiger partial charge in [-0.3, -0.25) is 14.5 Å². The largest absolute Gasteiger partial charge is 0.341 e. The van der Waals surface area contributed by atoms with Crippen LogP contribution >= 0.6 is 23.6 Å². The number of rotatable bonds is 7. The van der Waals surface area contributed by atoms with Gasteiger partial charge in [0.2, 0.25) is 5.91 Å². The second-order valence-electron chi connectivity index (χ2n) is 7.38. The van der Waals surface area contributed by atoms with Gasteiger partial charge in [-0.05, 0) is 49.6 Å². The third-order valence-electron chi connectivity index (χ3n) is 5.31. The number of aromatic nitrogens is 5. The summed E-state index contributed by atoms with van der Waals surface area (Å²) in [7, 11) is 1.83. The lowest BCUT2D eigenvalue weighted by Crippen LogP contribution is -2.27. The van der Waals surface area contributed by atoms with Gasteiger partial charge in [0.15, 0.2) is 10.6 Å². The second-order valence-corrected chi connectivity index (χ2v) is 8.71. The zero-order valence-electron chi connectivity index (χ0n) is 17.7. The van der Waals surface area contributed by atoms with Crippen molar-refractivity contribution in [3.63, 3.8) is 0 Å². The van der Waals surface area contributed by atoms with Crippen LogP contribution < -0.4 is 0 Å². The van der Waals surface area contributed by atoms with Crippen molar-refractivity contribution in [2.24, 2.45) is 0 Å². The van der Waals surface area contributed by atoms with E-state index in [2.05, 4.69) is 15.3 Å². The molecule has 9 heteroatoms. The standard InChI is InChI=1S/C22H24N6OS2/c1-15-18(16(2)28(25-15)17-8-5-4-6-9-17)14-26(3)20(29)11-12-27-21(23-24-22(27)30)19-10-7-13-31-19/h4-10,13H,11-12,14H2,1-3H3,(H,24,30). The summed E-state index contributed by atoms with van der Waals surface area (Å²) in [5.41, 5.74) is 4.05. The van der Waals surface area contributed by atoms with Gasteiger partial charge in [-0.1, -0.05) is 24.3 Å². The first-order valence-electron chi connectivity index (χ1n) is 9.99. The molecule has 1 amide bonds. The molecule has 3 heterocycles. The van der Waals surface area contributed by atoms with E-state index in [1.807, 2.05) is 78.0 Å². The van der Waals surface area contributed by atoms with E-state index in [1.165, 1.54) is 0 Å². The SMILES string of the molecule is Cc1nn(-c2ccccc2)c(C)c1CN(C)C(=O)CCn1c(-c2cccs2)n[nH]c1=S. The number of nitrogens with one attached hydrogen (secondary N) is 1. The monoisotopic (exact) mass is 452 g/mol. The highest BCUT2D eigenvalue weighted by atomic mass is 32.1. The first-order valence-corrected chi connectivity index (χ1v) is 11.3. The lowest BCUT2D eigenvalue weighted by atomic mass is 10.2. The molecule has 0 bridgehead atoms. The fraction of sp³-hybridized carbons (Fsp3) is 0.273. The third-order valence-corrected chi connectivity index (χ3v) is 6.49. The van der Waals surface area contributed by atoms with E-state index >= 15 is 0 Å². The van der Waals surface area contributed by atoms with Crippen LogP contribution in [0.1, 0.15) is 23.4 Å². The quantitative estimate of drug-likeness (QED) is 0.419. The van der Waals surface area contributed by atoms with Crippen LogP contribution in [0.3, 0.4) is 0 Å². The highest BCUT2D eigenvalue weighted by molar-refractivity contribution is 7.71. The number of carbonyl (C=O) groups excluding carboxylic acids is 1. The van der Waals surface area contributed by atoms with Crippen LogP contribution in [0.2, 0.25) is 0 Å². The van der Waals surface area contributed by atoms with Crippen molar-refractivity contribution >= 4 is 29.5 Å². The van der Waals surface area contributed by atoms with E-state index in [0.29, 0.717) is 24.3 Å². The number of carbonyl (C=O) groups is 1. The number of nitrogens with zero attached hydrogens (tertiary/aromatic N) is 5. The maximum atomic E-state index is 12.9. The number of para-hydroxylation sites is 1. The van der Waals surface area contributed by atoms with Gasteiger partial charge in [0, 0.05) is 37.8 Å². The summed E-state index contributed by atoms with van der Waals surface area (Å²) >= 11 is 6.96. The lowest BCUT2D eigenvalue weighted by molar-refractivity contribution is -0.130. The number of benzene rings is 1. The van der Waals surface area contributed by atoms with E-state index < -0.39 is 0 Å². The van der Waals surface area contributed by atoms with Crippen LogP contribution in [-0.2, 0) is 17.9 Å². The molecule has 0 unspecified atom stereocenters. The average molecular weight is 453 g/mol. The third kappa shape index (κ3) is 4.38. The molecule has 160 valence electrons. The first kappa shape index (κ1) is 21.2. The van der Waals surface area contributed by atoms with Gasteiger partial charge in [-0.15, -0.1) is 11.3 Å². The Morgan fingerprint density at radius 1 is 1.19 bits per heavy atom. The summed E-state index contributed by atoms with van der Waals surface area (Å²) in [6.07, 6.45) is 0.341. The van der Waals surface area contributed by atoms with Crippen molar-refractivity contribution in [2.75, 3.05) is 7.05 Å². The number of aromatic amines is 1. The summed E-state index contributed by atoms with van der Waals surface area (Å²) in [5.74, 6) is 0.817. The minimum absolute atomic E-state index is 0.0477. The molecule has 3 aromatic heterocycles. The predicted molar refractivity (Wildman–Crippen MR) is 125 cm³/mol. The van der Waals surface area contributed by atoms with Crippen LogP contribution in [0.5, 0.6) is 0 Å². The summed E-state index contributed by atoms with van der Waals surface area (Å²) < 4.78 is 4.34. The van der Waals surface area contributed by atoms with Crippen molar-refractivity contribution in [3.05, 3.63) is 69.6 Å². The van der Waals surface area contributed by atoms with Crippen LogP contribution in [0, 0.1) is 18.6 Å². The van der Waals surface area contributed by atoms with Gasteiger partial charge >= 0.3 is 0 Å². The molecule has 4 rings (SSSR count). The molecule has 0 aliphatic rings. The molecule has 0 fully saturated rings. The van der Waals surface area contributed by atoms with E-state index in [9.17, 15) is 4.79 Å². The summed E-state index contributed by atoms with van der Waals surface area (Å²) in [6.45, 7) is 5.02. The fourth-order valence-electron chi connectivity index (χ4n) is 3.57. The molecule has 7 nitrogen and oxygen atoms in total. The minimum Gasteiger partial charge on any atom is -0.341 e. The number of amides is 1. The molecule has 0 radical (unpaired) electrons. The van der Waals surface area contributed by atoms with Gasteiger partial charge in [0.1, 0.15) is 0 Å². The van der Waals surface area contributed by atoms with Crippen molar-refractivity contribution in [1.29, 1.82) is 0 Å². The van der Waals surface area contributed by atoms with E-state index in [-0.39, 0.29) is 5.91 Å². The fourth-order valence-corrected chi connectivity index (χ4v) is 4.51. The Balaban J connectivity index is 1.45. The Labute approximate surface area is 190 Å². The lowest BCUT2D eigenvalue weighted by Gasteiger charge is -2.18. The molecule has 0 spiro atoms. The zero-order chi connectivity index (χ0) is 22.0. The molecule has 1 aromatic carbocycles. The van der Waals surface area contributed by atoms with Crippen LogP contribution in [0.4, 0.5) is 0 Å². The smallest absolute Gasteiger partial charge is 0.224 e. The van der Waals surface area contributed by atoms with Crippen molar-refractivity contribution in [2.45, 2.75) is 33.4 Å². The molecular weight excluding hydrogens is 428 g/mol. The van der Waals surface area contributed by atoms with E-state index in [4.69, 9.17) is 12.2 Å².